The first-order valence-corrected chi connectivity index (χ1v) is 11.7. The van der Waals surface area contributed by atoms with Gasteiger partial charge in [0.25, 0.3) is 0 Å². The number of fused-ring (bicyclic) bond motifs is 2. The van der Waals surface area contributed by atoms with Crippen LogP contribution < -0.4 is 23.7 Å². The number of hydrogen-bond donors (Lipinski definition) is 2. The lowest BCUT2D eigenvalue weighted by Crippen LogP contribution is -2.41. The highest BCUT2D eigenvalue weighted by atomic mass is 16.7. The fourth-order valence-electron chi connectivity index (χ4n) is 4.97. The van der Waals surface area contributed by atoms with Gasteiger partial charge in [-0.05, 0) is 47.4 Å². The van der Waals surface area contributed by atoms with Gasteiger partial charge in [-0.15, -0.1) is 0 Å². The zero-order valence-corrected chi connectivity index (χ0v) is 20.4. The Kier molecular flexibility index (Phi) is 7.57. The number of ether oxygens (including phenoxy) is 6. The van der Waals surface area contributed by atoms with Gasteiger partial charge in [0, 0.05) is 18.4 Å². The molecule has 1 heterocycles. The molecule has 4 atom stereocenters. The Balaban J connectivity index is 1.93. The standard InChI is InChI=1S/C26H32O9/c1-5-6-7-33-26(29)23-17(12-27)24(28)16-11-19-18(34-13-35-19)10-15(16)22(23)14-8-20(30-2)25(32-4)21(9-14)31-3/h8-11,17,22-24,27-28H,5-7,12-13H2,1-4H3/t17-,22+,23-,24-/m0/s1. The molecule has 2 N–H and O–H groups in total. The van der Waals surface area contributed by atoms with Crippen LogP contribution in [-0.4, -0.2) is 57.5 Å². The van der Waals surface area contributed by atoms with Crippen LogP contribution in [-0.2, 0) is 9.53 Å². The predicted octanol–water partition coefficient (Wildman–Crippen LogP) is 3.19. The molecule has 4 rings (SSSR count). The van der Waals surface area contributed by atoms with E-state index in [0.717, 1.165) is 12.8 Å². The zero-order chi connectivity index (χ0) is 25.1. The maximum absolute atomic E-state index is 13.5. The molecule has 0 aromatic heterocycles. The summed E-state index contributed by atoms with van der Waals surface area (Å²) in [5, 5.41) is 21.6. The Hall–Kier alpha value is -3.17. The van der Waals surface area contributed by atoms with Gasteiger partial charge in [-0.25, -0.2) is 0 Å². The molecular formula is C26H32O9. The number of aliphatic hydroxyl groups excluding tert-OH is 2. The molecule has 0 amide bonds. The third-order valence-electron chi connectivity index (χ3n) is 6.73. The Labute approximate surface area is 204 Å². The molecule has 190 valence electrons. The van der Waals surface area contributed by atoms with Gasteiger partial charge < -0.3 is 38.6 Å². The number of carbonyl (C=O) groups is 1. The molecule has 35 heavy (non-hydrogen) atoms. The molecule has 2 aromatic rings. The van der Waals surface area contributed by atoms with Crippen molar-refractivity contribution < 1.29 is 43.4 Å². The fraction of sp³-hybridized carbons (Fsp3) is 0.500. The molecule has 0 spiro atoms. The normalized spacial score (nSPS) is 22.3. The van der Waals surface area contributed by atoms with Crippen molar-refractivity contribution in [2.45, 2.75) is 31.8 Å². The number of benzene rings is 2. The van der Waals surface area contributed by atoms with E-state index in [-0.39, 0.29) is 13.4 Å². The number of methoxy groups -OCH3 is 3. The lowest BCUT2D eigenvalue weighted by atomic mass is 9.65. The highest BCUT2D eigenvalue weighted by molar-refractivity contribution is 5.77. The Morgan fingerprint density at radius 1 is 1.00 bits per heavy atom. The number of aliphatic hydroxyl groups is 2. The first-order valence-electron chi connectivity index (χ1n) is 11.7. The summed E-state index contributed by atoms with van der Waals surface area (Å²) in [4.78, 5) is 13.5. The average molecular weight is 489 g/mol. The van der Waals surface area contributed by atoms with E-state index in [9.17, 15) is 15.0 Å². The molecule has 9 nitrogen and oxygen atoms in total. The van der Waals surface area contributed by atoms with Crippen LogP contribution in [0.2, 0.25) is 0 Å². The highest BCUT2D eigenvalue weighted by Gasteiger charge is 2.48. The smallest absolute Gasteiger partial charge is 0.310 e. The molecule has 0 saturated carbocycles. The van der Waals surface area contributed by atoms with Crippen LogP contribution in [0.15, 0.2) is 24.3 Å². The van der Waals surface area contributed by atoms with Crippen molar-refractivity contribution in [1.82, 2.24) is 0 Å². The van der Waals surface area contributed by atoms with Crippen LogP contribution in [0, 0.1) is 11.8 Å². The molecule has 0 fully saturated rings. The second kappa shape index (κ2) is 10.6. The maximum Gasteiger partial charge on any atom is 0.310 e. The molecule has 0 radical (unpaired) electrons. The van der Waals surface area contributed by atoms with Crippen LogP contribution >= 0.6 is 0 Å². The van der Waals surface area contributed by atoms with Gasteiger partial charge in [0.05, 0.1) is 40.0 Å². The highest BCUT2D eigenvalue weighted by Crippen LogP contribution is 2.53. The summed E-state index contributed by atoms with van der Waals surface area (Å²) in [5.74, 6) is -0.463. The van der Waals surface area contributed by atoms with Crippen molar-refractivity contribution in [2.75, 3.05) is 41.3 Å². The van der Waals surface area contributed by atoms with Gasteiger partial charge in [0.2, 0.25) is 12.5 Å². The SMILES string of the molecule is CCCCOC(=O)[C@@H]1[C@H](c2cc(OC)c(OC)c(OC)c2)c2cc3c(cc2[C@H](O)[C@H]1CO)OCO3. The first kappa shape index (κ1) is 24.9. The Morgan fingerprint density at radius 2 is 1.63 bits per heavy atom. The number of rotatable bonds is 9. The van der Waals surface area contributed by atoms with Gasteiger partial charge in [-0.1, -0.05) is 13.3 Å². The van der Waals surface area contributed by atoms with E-state index >= 15 is 0 Å². The molecule has 2 aromatic carbocycles. The molecule has 9 heteroatoms. The zero-order valence-electron chi connectivity index (χ0n) is 20.4. The number of carbonyl (C=O) groups excluding carboxylic acids is 1. The lowest BCUT2D eigenvalue weighted by Gasteiger charge is -2.41. The topological polar surface area (TPSA) is 113 Å². The third kappa shape index (κ3) is 4.46. The van der Waals surface area contributed by atoms with E-state index in [0.29, 0.717) is 45.4 Å². The summed E-state index contributed by atoms with van der Waals surface area (Å²) >= 11 is 0. The fourth-order valence-corrected chi connectivity index (χ4v) is 4.97. The van der Waals surface area contributed by atoms with Crippen molar-refractivity contribution in [3.05, 3.63) is 41.0 Å². The van der Waals surface area contributed by atoms with Crippen LogP contribution in [0.25, 0.3) is 0 Å². The molecular weight excluding hydrogens is 456 g/mol. The van der Waals surface area contributed by atoms with Crippen molar-refractivity contribution in [1.29, 1.82) is 0 Å². The summed E-state index contributed by atoms with van der Waals surface area (Å²) in [6, 6.07) is 7.06. The summed E-state index contributed by atoms with van der Waals surface area (Å²) in [7, 11) is 4.55. The van der Waals surface area contributed by atoms with Gasteiger partial charge in [0.15, 0.2) is 23.0 Å². The van der Waals surface area contributed by atoms with E-state index in [4.69, 9.17) is 28.4 Å². The maximum atomic E-state index is 13.5. The molecule has 0 bridgehead atoms. The van der Waals surface area contributed by atoms with Gasteiger partial charge >= 0.3 is 5.97 Å². The van der Waals surface area contributed by atoms with Gasteiger partial charge in [0.1, 0.15) is 0 Å². The molecule has 0 saturated heterocycles. The molecule has 2 aliphatic rings. The summed E-state index contributed by atoms with van der Waals surface area (Å²) in [6.45, 7) is 1.92. The second-order valence-electron chi connectivity index (χ2n) is 8.61. The number of hydrogen-bond acceptors (Lipinski definition) is 9. The monoisotopic (exact) mass is 488 g/mol. The van der Waals surface area contributed by atoms with Crippen molar-refractivity contribution in [3.8, 4) is 28.7 Å². The minimum atomic E-state index is -1.11. The minimum absolute atomic E-state index is 0.0646. The van der Waals surface area contributed by atoms with E-state index in [1.165, 1.54) is 21.3 Å². The summed E-state index contributed by atoms with van der Waals surface area (Å²) < 4.78 is 33.3. The van der Waals surface area contributed by atoms with Gasteiger partial charge in [-0.2, -0.15) is 0 Å². The number of esters is 1. The van der Waals surface area contributed by atoms with Crippen LogP contribution in [0.4, 0.5) is 0 Å². The van der Waals surface area contributed by atoms with E-state index in [2.05, 4.69) is 0 Å². The first-order chi connectivity index (χ1) is 17.0. The molecule has 0 unspecified atom stereocenters. The van der Waals surface area contributed by atoms with Crippen molar-refractivity contribution in [2.24, 2.45) is 11.8 Å². The van der Waals surface area contributed by atoms with Gasteiger partial charge in [-0.3, -0.25) is 4.79 Å². The Bertz CT molecular complexity index is 1040. The van der Waals surface area contributed by atoms with Crippen molar-refractivity contribution in [3.63, 3.8) is 0 Å². The van der Waals surface area contributed by atoms with Crippen LogP contribution in [0.5, 0.6) is 28.7 Å². The van der Waals surface area contributed by atoms with Crippen LogP contribution in [0.1, 0.15) is 48.5 Å². The van der Waals surface area contributed by atoms with E-state index in [1.54, 1.807) is 24.3 Å². The molecule has 1 aliphatic carbocycles. The lowest BCUT2D eigenvalue weighted by molar-refractivity contribution is -0.155. The van der Waals surface area contributed by atoms with Crippen molar-refractivity contribution >= 4 is 5.97 Å². The van der Waals surface area contributed by atoms with E-state index in [1.807, 2.05) is 6.92 Å². The average Bonchev–Trinajstić information content (AvgIpc) is 3.34. The molecule has 1 aliphatic heterocycles. The quantitative estimate of drug-likeness (QED) is 0.406. The summed E-state index contributed by atoms with van der Waals surface area (Å²) in [6.07, 6.45) is 0.480. The number of unbranched alkanes of at least 4 members (excludes halogenated alkanes) is 1. The minimum Gasteiger partial charge on any atom is -0.493 e. The second-order valence-corrected chi connectivity index (χ2v) is 8.61. The Morgan fingerprint density at radius 3 is 2.17 bits per heavy atom. The summed E-state index contributed by atoms with van der Waals surface area (Å²) in [5.41, 5.74) is 1.92. The largest absolute Gasteiger partial charge is 0.493 e. The van der Waals surface area contributed by atoms with E-state index < -0.39 is 36.4 Å². The predicted molar refractivity (Wildman–Crippen MR) is 125 cm³/mol. The third-order valence-corrected chi connectivity index (χ3v) is 6.73. The van der Waals surface area contributed by atoms with Crippen LogP contribution in [0.3, 0.4) is 0 Å².